The molecule has 1 N–H and O–H groups in total. The zero-order chi connectivity index (χ0) is 14.3. The molecule has 0 saturated carbocycles. The molecule has 0 aromatic carbocycles. The summed E-state index contributed by atoms with van der Waals surface area (Å²) in [7, 11) is 0. The standard InChI is InChI=1S/C14H28N2O3/c1-5-12-9-16(7-8-19-12)10-13(15-11(3)4)14(17)18-6-2/h11-13,15H,5-10H2,1-4H3. The van der Waals surface area contributed by atoms with Crippen molar-refractivity contribution >= 4 is 5.97 Å². The summed E-state index contributed by atoms with van der Waals surface area (Å²) in [4.78, 5) is 14.2. The van der Waals surface area contributed by atoms with E-state index < -0.39 is 0 Å². The Morgan fingerprint density at radius 3 is 2.79 bits per heavy atom. The molecule has 2 atom stereocenters. The Balaban J connectivity index is 2.52. The zero-order valence-electron chi connectivity index (χ0n) is 12.6. The van der Waals surface area contributed by atoms with Gasteiger partial charge < -0.3 is 14.8 Å². The molecule has 1 fully saturated rings. The number of rotatable bonds is 7. The molecule has 5 nitrogen and oxygen atoms in total. The molecule has 0 aromatic rings. The average molecular weight is 272 g/mol. The lowest BCUT2D eigenvalue weighted by Gasteiger charge is -2.34. The Morgan fingerprint density at radius 1 is 1.47 bits per heavy atom. The Labute approximate surface area is 116 Å². The van der Waals surface area contributed by atoms with Gasteiger partial charge >= 0.3 is 5.97 Å². The average Bonchev–Trinajstić information content (AvgIpc) is 2.38. The van der Waals surface area contributed by atoms with Gasteiger partial charge in [0.2, 0.25) is 0 Å². The van der Waals surface area contributed by atoms with Crippen LogP contribution in [0.3, 0.4) is 0 Å². The summed E-state index contributed by atoms with van der Waals surface area (Å²) in [6.45, 7) is 11.7. The van der Waals surface area contributed by atoms with Crippen LogP contribution in [-0.4, -0.2) is 61.9 Å². The van der Waals surface area contributed by atoms with Crippen LogP contribution in [0.4, 0.5) is 0 Å². The molecule has 0 aromatic heterocycles. The minimum Gasteiger partial charge on any atom is -0.465 e. The molecule has 1 rings (SSSR count). The highest BCUT2D eigenvalue weighted by molar-refractivity contribution is 5.76. The predicted octanol–water partition coefficient (Wildman–Crippen LogP) is 1.03. The lowest BCUT2D eigenvalue weighted by Crippen LogP contribution is -2.53. The van der Waals surface area contributed by atoms with Gasteiger partial charge in [0.15, 0.2) is 0 Å². The second-order valence-electron chi connectivity index (χ2n) is 5.29. The van der Waals surface area contributed by atoms with E-state index in [9.17, 15) is 4.79 Å². The SMILES string of the molecule is CCOC(=O)C(CN1CCOC(CC)C1)NC(C)C. The summed E-state index contributed by atoms with van der Waals surface area (Å²) >= 11 is 0. The fourth-order valence-corrected chi connectivity index (χ4v) is 2.29. The predicted molar refractivity (Wildman–Crippen MR) is 75.2 cm³/mol. The molecular formula is C14H28N2O3. The van der Waals surface area contributed by atoms with Crippen molar-refractivity contribution in [2.75, 3.05) is 32.8 Å². The van der Waals surface area contributed by atoms with Gasteiger partial charge in [-0.2, -0.15) is 0 Å². The molecule has 112 valence electrons. The smallest absolute Gasteiger partial charge is 0.324 e. The molecule has 1 saturated heterocycles. The van der Waals surface area contributed by atoms with Gasteiger partial charge in [0.25, 0.3) is 0 Å². The van der Waals surface area contributed by atoms with E-state index in [0.29, 0.717) is 13.2 Å². The van der Waals surface area contributed by atoms with Crippen molar-refractivity contribution in [3.8, 4) is 0 Å². The van der Waals surface area contributed by atoms with Crippen LogP contribution in [0.2, 0.25) is 0 Å². The number of hydrogen-bond acceptors (Lipinski definition) is 5. The summed E-state index contributed by atoms with van der Waals surface area (Å²) in [5.41, 5.74) is 0. The van der Waals surface area contributed by atoms with E-state index in [0.717, 1.165) is 26.1 Å². The number of carbonyl (C=O) groups excluding carboxylic acids is 1. The highest BCUT2D eigenvalue weighted by Crippen LogP contribution is 2.09. The van der Waals surface area contributed by atoms with Gasteiger partial charge in [-0.1, -0.05) is 20.8 Å². The van der Waals surface area contributed by atoms with Gasteiger partial charge in [-0.05, 0) is 13.3 Å². The quantitative estimate of drug-likeness (QED) is 0.702. The normalized spacial score (nSPS) is 22.5. The van der Waals surface area contributed by atoms with Gasteiger partial charge in [-0.25, -0.2) is 0 Å². The molecule has 1 aliphatic heterocycles. The highest BCUT2D eigenvalue weighted by Gasteiger charge is 2.26. The Morgan fingerprint density at radius 2 is 2.21 bits per heavy atom. The van der Waals surface area contributed by atoms with Gasteiger partial charge in [-0.3, -0.25) is 9.69 Å². The summed E-state index contributed by atoms with van der Waals surface area (Å²) in [6.07, 6.45) is 1.30. The van der Waals surface area contributed by atoms with Crippen molar-refractivity contribution in [2.45, 2.75) is 52.3 Å². The van der Waals surface area contributed by atoms with Crippen LogP contribution in [0.5, 0.6) is 0 Å². The minimum atomic E-state index is -0.254. The Bertz CT molecular complexity index is 271. The molecule has 0 amide bonds. The first-order chi connectivity index (χ1) is 9.06. The zero-order valence-corrected chi connectivity index (χ0v) is 12.6. The van der Waals surface area contributed by atoms with Crippen LogP contribution in [0.25, 0.3) is 0 Å². The summed E-state index contributed by atoms with van der Waals surface area (Å²) < 4.78 is 10.8. The van der Waals surface area contributed by atoms with Gasteiger partial charge in [0.1, 0.15) is 6.04 Å². The molecule has 0 aliphatic carbocycles. The monoisotopic (exact) mass is 272 g/mol. The first-order valence-electron chi connectivity index (χ1n) is 7.33. The van der Waals surface area contributed by atoms with Crippen LogP contribution in [0, 0.1) is 0 Å². The Kier molecular flexibility index (Phi) is 7.34. The first kappa shape index (κ1) is 16.4. The number of nitrogens with one attached hydrogen (secondary N) is 1. The third-order valence-electron chi connectivity index (χ3n) is 3.22. The van der Waals surface area contributed by atoms with Crippen molar-refractivity contribution in [3.05, 3.63) is 0 Å². The summed E-state index contributed by atoms with van der Waals surface area (Å²) in [6, 6.07) is 0.00738. The number of nitrogens with zero attached hydrogens (tertiary/aromatic N) is 1. The third kappa shape index (κ3) is 5.89. The highest BCUT2D eigenvalue weighted by atomic mass is 16.5. The van der Waals surface area contributed by atoms with Crippen molar-refractivity contribution in [1.29, 1.82) is 0 Å². The van der Waals surface area contributed by atoms with Gasteiger partial charge in [-0.15, -0.1) is 0 Å². The maximum absolute atomic E-state index is 12.0. The van der Waals surface area contributed by atoms with Crippen molar-refractivity contribution in [1.82, 2.24) is 10.2 Å². The van der Waals surface area contributed by atoms with Gasteiger partial charge in [0, 0.05) is 25.7 Å². The number of morpholine rings is 1. The number of ether oxygens (including phenoxy) is 2. The molecule has 19 heavy (non-hydrogen) atoms. The van der Waals surface area contributed by atoms with Crippen molar-refractivity contribution in [3.63, 3.8) is 0 Å². The van der Waals surface area contributed by atoms with Crippen LogP contribution < -0.4 is 5.32 Å². The molecule has 0 bridgehead atoms. The van der Waals surface area contributed by atoms with E-state index in [4.69, 9.17) is 9.47 Å². The van der Waals surface area contributed by atoms with Crippen molar-refractivity contribution < 1.29 is 14.3 Å². The van der Waals surface area contributed by atoms with Crippen LogP contribution >= 0.6 is 0 Å². The Hall–Kier alpha value is -0.650. The minimum absolute atomic E-state index is 0.157. The lowest BCUT2D eigenvalue weighted by molar-refractivity contribution is -0.147. The summed E-state index contributed by atoms with van der Waals surface area (Å²) in [5.74, 6) is -0.157. The molecule has 2 unspecified atom stereocenters. The van der Waals surface area contributed by atoms with Crippen molar-refractivity contribution in [2.24, 2.45) is 0 Å². The van der Waals surface area contributed by atoms with Crippen LogP contribution in [-0.2, 0) is 14.3 Å². The van der Waals surface area contributed by atoms with E-state index in [1.54, 1.807) is 0 Å². The van der Waals surface area contributed by atoms with E-state index in [2.05, 4.69) is 17.1 Å². The fourth-order valence-electron chi connectivity index (χ4n) is 2.29. The second-order valence-corrected chi connectivity index (χ2v) is 5.29. The topological polar surface area (TPSA) is 50.8 Å². The maximum atomic E-state index is 12.0. The van der Waals surface area contributed by atoms with Gasteiger partial charge in [0.05, 0.1) is 19.3 Å². The molecular weight excluding hydrogens is 244 g/mol. The van der Waals surface area contributed by atoms with Crippen LogP contribution in [0.1, 0.15) is 34.1 Å². The lowest BCUT2D eigenvalue weighted by atomic mass is 10.2. The number of hydrogen-bond donors (Lipinski definition) is 1. The number of carbonyl (C=O) groups is 1. The van der Waals surface area contributed by atoms with E-state index in [1.165, 1.54) is 0 Å². The first-order valence-corrected chi connectivity index (χ1v) is 7.33. The maximum Gasteiger partial charge on any atom is 0.324 e. The van der Waals surface area contributed by atoms with Crippen LogP contribution in [0.15, 0.2) is 0 Å². The molecule has 1 aliphatic rings. The second kappa shape index (κ2) is 8.51. The molecule has 0 radical (unpaired) electrons. The summed E-state index contributed by atoms with van der Waals surface area (Å²) in [5, 5.41) is 3.29. The van der Waals surface area contributed by atoms with E-state index >= 15 is 0 Å². The van der Waals surface area contributed by atoms with E-state index in [-0.39, 0.29) is 24.2 Å². The number of esters is 1. The fraction of sp³-hybridized carbons (Fsp3) is 0.929. The molecule has 0 spiro atoms. The largest absolute Gasteiger partial charge is 0.465 e. The third-order valence-corrected chi connectivity index (χ3v) is 3.22. The van der Waals surface area contributed by atoms with E-state index in [1.807, 2.05) is 20.8 Å². The molecule has 1 heterocycles. The molecule has 5 heteroatoms.